The quantitative estimate of drug-likeness (QED) is 0.766. The summed E-state index contributed by atoms with van der Waals surface area (Å²) in [6, 6.07) is 4.19. The first-order valence-corrected chi connectivity index (χ1v) is 7.03. The number of carbonyl (C=O) groups excluding carboxylic acids is 1. The summed E-state index contributed by atoms with van der Waals surface area (Å²) in [5, 5.41) is 3.23. The number of aromatic nitrogens is 1. The smallest absolute Gasteiger partial charge is 0.226 e. The predicted octanol–water partition coefficient (Wildman–Crippen LogP) is 3.45. The van der Waals surface area contributed by atoms with E-state index in [9.17, 15) is 4.79 Å². The van der Waals surface area contributed by atoms with Crippen molar-refractivity contribution in [1.82, 2.24) is 4.98 Å². The molecule has 0 aliphatic rings. The zero-order chi connectivity index (χ0) is 14.3. The van der Waals surface area contributed by atoms with Gasteiger partial charge >= 0.3 is 0 Å². The normalized spacial score (nSPS) is 10.6. The van der Waals surface area contributed by atoms with E-state index in [0.717, 1.165) is 30.8 Å². The summed E-state index contributed by atoms with van der Waals surface area (Å²) in [4.78, 5) is 18.0. The van der Waals surface area contributed by atoms with Gasteiger partial charge in [0.15, 0.2) is 0 Å². The van der Waals surface area contributed by atoms with Gasteiger partial charge in [-0.1, -0.05) is 19.8 Å². The third kappa shape index (κ3) is 5.28. The van der Waals surface area contributed by atoms with Crippen LogP contribution in [0.3, 0.4) is 0 Å². The number of unbranched alkanes of at least 4 members (excludes halogenated alkanes) is 2. The maximum absolute atomic E-state index is 12.0. The first-order chi connectivity index (χ1) is 9.04. The number of rotatable bonds is 7. The Morgan fingerprint density at radius 1 is 1.37 bits per heavy atom. The summed E-state index contributed by atoms with van der Waals surface area (Å²) in [6.45, 7) is 6.27. The molecule has 0 atom stereocenters. The van der Waals surface area contributed by atoms with Crippen molar-refractivity contribution in [2.75, 3.05) is 17.3 Å². The molecule has 19 heavy (non-hydrogen) atoms. The minimum absolute atomic E-state index is 0.153. The lowest BCUT2D eigenvalue weighted by atomic mass is 10.2. The highest BCUT2D eigenvalue weighted by atomic mass is 16.2. The van der Waals surface area contributed by atoms with Gasteiger partial charge in [0.2, 0.25) is 5.91 Å². The first kappa shape index (κ1) is 15.5. The second-order valence-corrected chi connectivity index (χ2v) is 5.11. The first-order valence-electron chi connectivity index (χ1n) is 7.03. The molecule has 0 aromatic carbocycles. The molecule has 106 valence electrons. The molecule has 0 fully saturated rings. The number of anilines is 2. The van der Waals surface area contributed by atoms with Crippen LogP contribution in [-0.2, 0) is 4.79 Å². The minimum atomic E-state index is 0.153. The van der Waals surface area contributed by atoms with Crippen LogP contribution in [-0.4, -0.2) is 24.0 Å². The van der Waals surface area contributed by atoms with Gasteiger partial charge < -0.3 is 10.2 Å². The van der Waals surface area contributed by atoms with E-state index in [0.29, 0.717) is 12.5 Å². The van der Waals surface area contributed by atoms with Crippen molar-refractivity contribution >= 4 is 17.4 Å². The topological polar surface area (TPSA) is 45.2 Å². The monoisotopic (exact) mass is 263 g/mol. The van der Waals surface area contributed by atoms with Crippen molar-refractivity contribution in [3.05, 3.63) is 18.3 Å². The Hall–Kier alpha value is -1.58. The van der Waals surface area contributed by atoms with Gasteiger partial charge in [-0.15, -0.1) is 0 Å². The maximum Gasteiger partial charge on any atom is 0.226 e. The summed E-state index contributed by atoms with van der Waals surface area (Å²) in [6.07, 6.45) is 5.54. The van der Waals surface area contributed by atoms with Gasteiger partial charge in [-0.3, -0.25) is 4.79 Å². The third-order valence-electron chi connectivity index (χ3n) is 2.94. The summed E-state index contributed by atoms with van der Waals surface area (Å²) in [7, 11) is 1.81. The van der Waals surface area contributed by atoms with Crippen LogP contribution in [0.2, 0.25) is 0 Å². The fourth-order valence-electron chi connectivity index (χ4n) is 1.80. The molecule has 1 rings (SSSR count). The summed E-state index contributed by atoms with van der Waals surface area (Å²) in [5.74, 6) is 0.991. The lowest BCUT2D eigenvalue weighted by Gasteiger charge is -2.17. The zero-order valence-electron chi connectivity index (χ0n) is 12.4. The van der Waals surface area contributed by atoms with Crippen LogP contribution in [0.15, 0.2) is 18.3 Å². The number of nitrogens with zero attached hydrogens (tertiary/aromatic N) is 2. The second-order valence-electron chi connectivity index (χ2n) is 5.11. The van der Waals surface area contributed by atoms with E-state index in [1.165, 1.54) is 0 Å². The number of nitrogens with one attached hydrogen (secondary N) is 1. The van der Waals surface area contributed by atoms with Crippen LogP contribution in [0, 0.1) is 0 Å². The molecule has 1 aromatic rings. The van der Waals surface area contributed by atoms with Crippen molar-refractivity contribution in [3.8, 4) is 0 Å². The molecule has 0 spiro atoms. The van der Waals surface area contributed by atoms with Gasteiger partial charge in [0.1, 0.15) is 5.82 Å². The Balaban J connectivity index is 2.56. The van der Waals surface area contributed by atoms with Crippen LogP contribution in [0.5, 0.6) is 0 Å². The molecular weight excluding hydrogens is 238 g/mol. The second kappa shape index (κ2) is 7.77. The number of carbonyl (C=O) groups is 1. The molecule has 0 saturated heterocycles. The van der Waals surface area contributed by atoms with Gasteiger partial charge in [-0.25, -0.2) is 4.98 Å². The molecule has 0 aliphatic heterocycles. The van der Waals surface area contributed by atoms with E-state index in [1.54, 1.807) is 18.1 Å². The number of hydrogen-bond donors (Lipinski definition) is 1. The fraction of sp³-hybridized carbons (Fsp3) is 0.600. The molecular formula is C15H25N3O. The zero-order valence-corrected chi connectivity index (χ0v) is 12.4. The molecule has 1 amide bonds. The number of pyridine rings is 1. The molecule has 1 heterocycles. The van der Waals surface area contributed by atoms with Crippen molar-refractivity contribution in [2.24, 2.45) is 0 Å². The summed E-state index contributed by atoms with van der Waals surface area (Å²) in [5.41, 5.74) is 0.843. The van der Waals surface area contributed by atoms with E-state index >= 15 is 0 Å². The van der Waals surface area contributed by atoms with Gasteiger partial charge in [0, 0.05) is 19.5 Å². The van der Waals surface area contributed by atoms with Crippen molar-refractivity contribution in [1.29, 1.82) is 0 Å². The Morgan fingerprint density at radius 3 is 2.63 bits per heavy atom. The van der Waals surface area contributed by atoms with Gasteiger partial charge in [0.25, 0.3) is 0 Å². The SMILES string of the molecule is CCCCCC(=O)N(C)c1ccc(NC(C)C)nc1. The van der Waals surface area contributed by atoms with Gasteiger partial charge in [-0.05, 0) is 32.4 Å². The van der Waals surface area contributed by atoms with Crippen molar-refractivity contribution in [3.63, 3.8) is 0 Å². The standard InChI is InChI=1S/C15H25N3O/c1-5-6-7-8-15(19)18(4)13-9-10-14(16-11-13)17-12(2)3/h9-12H,5-8H2,1-4H3,(H,16,17). The molecule has 4 nitrogen and oxygen atoms in total. The fourth-order valence-corrected chi connectivity index (χ4v) is 1.80. The molecule has 1 aromatic heterocycles. The highest BCUT2D eigenvalue weighted by Crippen LogP contribution is 2.16. The third-order valence-corrected chi connectivity index (χ3v) is 2.94. The van der Waals surface area contributed by atoms with Gasteiger partial charge in [-0.2, -0.15) is 0 Å². The minimum Gasteiger partial charge on any atom is -0.368 e. The van der Waals surface area contributed by atoms with Crippen LogP contribution in [0.4, 0.5) is 11.5 Å². The molecule has 4 heteroatoms. The van der Waals surface area contributed by atoms with E-state index in [-0.39, 0.29) is 5.91 Å². The van der Waals surface area contributed by atoms with Crippen molar-refractivity contribution in [2.45, 2.75) is 52.5 Å². The van der Waals surface area contributed by atoms with E-state index in [1.807, 2.05) is 12.1 Å². The molecule has 0 saturated carbocycles. The Kier molecular flexibility index (Phi) is 6.33. The molecule has 1 N–H and O–H groups in total. The Morgan fingerprint density at radius 2 is 2.11 bits per heavy atom. The summed E-state index contributed by atoms with van der Waals surface area (Å²) >= 11 is 0. The number of amides is 1. The summed E-state index contributed by atoms with van der Waals surface area (Å²) < 4.78 is 0. The highest BCUT2D eigenvalue weighted by Gasteiger charge is 2.10. The Bertz CT molecular complexity index is 387. The van der Waals surface area contributed by atoms with Crippen molar-refractivity contribution < 1.29 is 4.79 Å². The number of hydrogen-bond acceptors (Lipinski definition) is 3. The predicted molar refractivity (Wildman–Crippen MR) is 80.5 cm³/mol. The van der Waals surface area contributed by atoms with Gasteiger partial charge in [0.05, 0.1) is 11.9 Å². The van der Waals surface area contributed by atoms with E-state index < -0.39 is 0 Å². The van der Waals surface area contributed by atoms with Crippen LogP contribution in [0.1, 0.15) is 46.5 Å². The largest absolute Gasteiger partial charge is 0.368 e. The highest BCUT2D eigenvalue weighted by molar-refractivity contribution is 5.92. The Labute approximate surface area is 116 Å². The van der Waals surface area contributed by atoms with Crippen LogP contribution in [0.25, 0.3) is 0 Å². The molecule has 0 aliphatic carbocycles. The lowest BCUT2D eigenvalue weighted by Crippen LogP contribution is -2.26. The average Bonchev–Trinajstić information content (AvgIpc) is 2.38. The molecule has 0 radical (unpaired) electrons. The van der Waals surface area contributed by atoms with Crippen LogP contribution < -0.4 is 10.2 Å². The average molecular weight is 263 g/mol. The molecule has 0 bridgehead atoms. The van der Waals surface area contributed by atoms with Crippen LogP contribution >= 0.6 is 0 Å². The molecule has 0 unspecified atom stereocenters. The maximum atomic E-state index is 12.0. The lowest BCUT2D eigenvalue weighted by molar-refractivity contribution is -0.118. The van der Waals surface area contributed by atoms with E-state index in [4.69, 9.17) is 0 Å². The van der Waals surface area contributed by atoms with E-state index in [2.05, 4.69) is 31.1 Å².